The van der Waals surface area contributed by atoms with E-state index < -0.39 is 46.7 Å². The minimum Gasteiger partial charge on any atom is -0.405 e. The van der Waals surface area contributed by atoms with Crippen molar-refractivity contribution in [3.05, 3.63) is 47.8 Å². The van der Waals surface area contributed by atoms with E-state index >= 15 is 0 Å². The standard InChI is InChI=1S/C14H6F9NO/c15-12(16,17)9-6-24-5-8(11(9)13(18,19)20)7-3-1-2-4-10(7)25-14(21,22)23/h1-6H. The van der Waals surface area contributed by atoms with Gasteiger partial charge in [-0.1, -0.05) is 18.2 Å². The lowest BCUT2D eigenvalue weighted by Crippen LogP contribution is -2.20. The molecule has 2 nitrogen and oxygen atoms in total. The van der Waals surface area contributed by atoms with Gasteiger partial charge in [-0.15, -0.1) is 13.2 Å². The van der Waals surface area contributed by atoms with Crippen LogP contribution in [0.4, 0.5) is 39.5 Å². The second-order valence-electron chi connectivity index (χ2n) is 4.65. The molecule has 0 atom stereocenters. The first kappa shape index (κ1) is 18.9. The molecule has 0 N–H and O–H groups in total. The Morgan fingerprint density at radius 2 is 1.32 bits per heavy atom. The summed E-state index contributed by atoms with van der Waals surface area (Å²) in [5.74, 6) is -1.08. The highest BCUT2D eigenvalue weighted by Crippen LogP contribution is 2.46. The maximum absolute atomic E-state index is 13.2. The van der Waals surface area contributed by atoms with Crippen LogP contribution < -0.4 is 4.74 Å². The Hall–Kier alpha value is -2.46. The highest BCUT2D eigenvalue weighted by molar-refractivity contribution is 5.74. The number of nitrogens with zero attached hydrogens (tertiary/aromatic N) is 1. The first-order valence-corrected chi connectivity index (χ1v) is 6.28. The normalized spacial score (nSPS) is 13.0. The molecule has 1 heterocycles. The topological polar surface area (TPSA) is 22.1 Å². The summed E-state index contributed by atoms with van der Waals surface area (Å²) in [7, 11) is 0. The van der Waals surface area contributed by atoms with Crippen LogP contribution in [0, 0.1) is 0 Å². The summed E-state index contributed by atoms with van der Waals surface area (Å²) in [6.07, 6.45) is -15.8. The van der Waals surface area contributed by atoms with Gasteiger partial charge >= 0.3 is 18.7 Å². The molecular formula is C14H6F9NO. The van der Waals surface area contributed by atoms with E-state index in [0.717, 1.165) is 18.2 Å². The molecule has 0 aliphatic rings. The van der Waals surface area contributed by atoms with Crippen molar-refractivity contribution in [2.75, 3.05) is 0 Å². The number of para-hydroxylation sites is 1. The molecule has 25 heavy (non-hydrogen) atoms. The van der Waals surface area contributed by atoms with Gasteiger partial charge in [-0.05, 0) is 6.07 Å². The van der Waals surface area contributed by atoms with Crippen LogP contribution in [0.25, 0.3) is 11.1 Å². The van der Waals surface area contributed by atoms with Crippen molar-refractivity contribution in [3.63, 3.8) is 0 Å². The first-order valence-electron chi connectivity index (χ1n) is 6.28. The van der Waals surface area contributed by atoms with Crippen molar-refractivity contribution in [2.45, 2.75) is 18.7 Å². The molecule has 0 fully saturated rings. The molecule has 0 aliphatic heterocycles. The predicted molar refractivity (Wildman–Crippen MR) is 66.4 cm³/mol. The van der Waals surface area contributed by atoms with E-state index in [9.17, 15) is 39.5 Å². The Morgan fingerprint density at radius 3 is 1.84 bits per heavy atom. The van der Waals surface area contributed by atoms with Crippen LogP contribution in [-0.4, -0.2) is 11.3 Å². The van der Waals surface area contributed by atoms with Crippen molar-refractivity contribution >= 4 is 0 Å². The van der Waals surface area contributed by atoms with Crippen molar-refractivity contribution in [2.24, 2.45) is 0 Å². The largest absolute Gasteiger partial charge is 0.573 e. The van der Waals surface area contributed by atoms with E-state index in [1.165, 1.54) is 0 Å². The number of hydrogen-bond donors (Lipinski definition) is 0. The van der Waals surface area contributed by atoms with Crippen LogP contribution in [0.15, 0.2) is 36.7 Å². The van der Waals surface area contributed by atoms with Gasteiger partial charge in [0.15, 0.2) is 0 Å². The van der Waals surface area contributed by atoms with Gasteiger partial charge in [0, 0.05) is 23.5 Å². The number of rotatable bonds is 2. The average molecular weight is 375 g/mol. The molecule has 0 saturated carbocycles. The zero-order valence-corrected chi connectivity index (χ0v) is 11.7. The molecule has 0 radical (unpaired) electrons. The summed E-state index contributed by atoms with van der Waals surface area (Å²) in [5.41, 5.74) is -6.26. The summed E-state index contributed by atoms with van der Waals surface area (Å²) in [6, 6.07) is 3.54. The maximum atomic E-state index is 13.2. The number of pyridine rings is 1. The molecule has 1 aromatic carbocycles. The van der Waals surface area contributed by atoms with E-state index in [0.29, 0.717) is 12.3 Å². The Labute approximate surface area is 133 Å². The van der Waals surface area contributed by atoms with Crippen molar-refractivity contribution < 1.29 is 44.3 Å². The number of alkyl halides is 9. The summed E-state index contributed by atoms with van der Waals surface area (Å²) in [6.45, 7) is 0. The molecule has 0 aliphatic carbocycles. The minimum absolute atomic E-state index is 0.0421. The third-order valence-corrected chi connectivity index (χ3v) is 2.94. The van der Waals surface area contributed by atoms with Crippen molar-refractivity contribution in [3.8, 4) is 16.9 Å². The van der Waals surface area contributed by atoms with Gasteiger partial charge in [-0.3, -0.25) is 4.98 Å². The Morgan fingerprint density at radius 1 is 0.720 bits per heavy atom. The Bertz CT molecular complexity index is 762. The molecule has 0 bridgehead atoms. The highest BCUT2D eigenvalue weighted by Gasteiger charge is 2.46. The van der Waals surface area contributed by atoms with Crippen LogP contribution in [0.3, 0.4) is 0 Å². The zero-order valence-electron chi connectivity index (χ0n) is 11.7. The van der Waals surface area contributed by atoms with E-state index in [2.05, 4.69) is 9.72 Å². The first-order chi connectivity index (χ1) is 11.3. The molecular weight excluding hydrogens is 369 g/mol. The van der Waals surface area contributed by atoms with Gasteiger partial charge in [0.05, 0.1) is 11.1 Å². The van der Waals surface area contributed by atoms with Gasteiger partial charge in [0.1, 0.15) is 5.75 Å². The van der Waals surface area contributed by atoms with Gasteiger partial charge in [0.25, 0.3) is 0 Å². The second kappa shape index (κ2) is 6.12. The van der Waals surface area contributed by atoms with E-state index in [4.69, 9.17) is 0 Å². The zero-order chi connectivity index (χ0) is 19.0. The lowest BCUT2D eigenvalue weighted by atomic mass is 9.96. The lowest BCUT2D eigenvalue weighted by Gasteiger charge is -2.20. The van der Waals surface area contributed by atoms with Gasteiger partial charge < -0.3 is 4.74 Å². The monoisotopic (exact) mass is 375 g/mol. The smallest absolute Gasteiger partial charge is 0.405 e. The molecule has 0 saturated heterocycles. The van der Waals surface area contributed by atoms with Crippen LogP contribution >= 0.6 is 0 Å². The summed E-state index contributed by atoms with van der Waals surface area (Å²) in [4.78, 5) is 3.08. The maximum Gasteiger partial charge on any atom is 0.573 e. The van der Waals surface area contributed by atoms with Crippen LogP contribution in [0.2, 0.25) is 0 Å². The molecule has 136 valence electrons. The van der Waals surface area contributed by atoms with Gasteiger partial charge in [-0.25, -0.2) is 0 Å². The Kier molecular flexibility index (Phi) is 4.62. The average Bonchev–Trinajstić information content (AvgIpc) is 2.43. The molecule has 2 aromatic rings. The molecule has 0 amide bonds. The quantitative estimate of drug-likeness (QED) is 0.630. The summed E-state index contributed by atoms with van der Waals surface area (Å²) < 4.78 is 119. The lowest BCUT2D eigenvalue weighted by molar-refractivity contribution is -0.274. The molecule has 0 unspecified atom stereocenters. The number of hydrogen-bond acceptors (Lipinski definition) is 2. The Balaban J connectivity index is 2.78. The second-order valence-corrected chi connectivity index (χ2v) is 4.65. The van der Waals surface area contributed by atoms with Crippen LogP contribution in [-0.2, 0) is 12.4 Å². The SMILES string of the molecule is FC(F)(F)Oc1ccccc1-c1cncc(C(F)(F)F)c1C(F)(F)F. The fraction of sp³-hybridized carbons (Fsp3) is 0.214. The third-order valence-electron chi connectivity index (χ3n) is 2.94. The van der Waals surface area contributed by atoms with Crippen molar-refractivity contribution in [1.82, 2.24) is 4.98 Å². The van der Waals surface area contributed by atoms with E-state index in [1.807, 2.05) is 0 Å². The minimum atomic E-state index is -5.49. The van der Waals surface area contributed by atoms with Crippen molar-refractivity contribution in [1.29, 1.82) is 0 Å². The predicted octanol–water partition coefficient (Wildman–Crippen LogP) is 5.68. The van der Waals surface area contributed by atoms with E-state index in [1.54, 1.807) is 0 Å². The van der Waals surface area contributed by atoms with Gasteiger partial charge in [-0.2, -0.15) is 26.3 Å². The third kappa shape index (κ3) is 4.34. The molecule has 11 heteroatoms. The summed E-state index contributed by atoms with van der Waals surface area (Å²) >= 11 is 0. The number of ether oxygens (including phenoxy) is 1. The van der Waals surface area contributed by atoms with Gasteiger partial charge in [0.2, 0.25) is 0 Å². The van der Waals surface area contributed by atoms with E-state index in [-0.39, 0.29) is 6.20 Å². The highest BCUT2D eigenvalue weighted by atomic mass is 19.4. The molecule has 1 aromatic heterocycles. The number of aromatic nitrogens is 1. The molecule has 0 spiro atoms. The number of benzene rings is 1. The summed E-state index contributed by atoms with van der Waals surface area (Å²) in [5, 5.41) is 0. The van der Waals surface area contributed by atoms with Crippen LogP contribution in [0.5, 0.6) is 5.75 Å². The van der Waals surface area contributed by atoms with Crippen LogP contribution in [0.1, 0.15) is 11.1 Å². The number of halogens is 9. The molecule has 2 rings (SSSR count). The fourth-order valence-electron chi connectivity index (χ4n) is 2.09. The fourth-order valence-corrected chi connectivity index (χ4v) is 2.09.